The van der Waals surface area contributed by atoms with Crippen molar-refractivity contribution in [3.63, 3.8) is 0 Å². The van der Waals surface area contributed by atoms with Gasteiger partial charge in [-0.05, 0) is 60.2 Å². The fourth-order valence-electron chi connectivity index (χ4n) is 3.52. The van der Waals surface area contributed by atoms with Crippen molar-refractivity contribution in [3.8, 4) is 17.2 Å². The minimum absolute atomic E-state index is 0.0834. The maximum absolute atomic E-state index is 12.8. The van der Waals surface area contributed by atoms with E-state index in [0.29, 0.717) is 40.6 Å². The lowest BCUT2D eigenvalue weighted by Crippen LogP contribution is -2.20. The van der Waals surface area contributed by atoms with Crippen LogP contribution in [0, 0.1) is 0 Å². The number of nitrogens with one attached hydrogen (secondary N) is 1. The zero-order valence-corrected chi connectivity index (χ0v) is 20.8. The highest BCUT2D eigenvalue weighted by atomic mass is 16.5. The molecule has 3 aromatic rings. The minimum Gasteiger partial charge on any atom is -0.493 e. The summed E-state index contributed by atoms with van der Waals surface area (Å²) in [6.45, 7) is 0.632. The molecule has 3 aromatic carbocycles. The summed E-state index contributed by atoms with van der Waals surface area (Å²) in [5.74, 6) is 0.640. The van der Waals surface area contributed by atoms with E-state index in [1.54, 1.807) is 42.5 Å². The van der Waals surface area contributed by atoms with Gasteiger partial charge in [0.2, 0.25) is 5.75 Å². The molecule has 0 fully saturated rings. The Labute approximate surface area is 210 Å². The Kier molecular flexibility index (Phi) is 9.07. The fraction of sp³-hybridized carbons (Fsp3) is 0.214. The number of carbonyl (C=O) groups excluding carboxylic acids is 2. The SMILES string of the molecule is COc1cc(C(=O)Nc2ccc(C(=O)/C=C/c3ccc(N(C)CCO)cc3)cc2)cc(OC)c1OC. The molecule has 36 heavy (non-hydrogen) atoms. The second-order valence-electron chi connectivity index (χ2n) is 7.88. The molecule has 0 atom stereocenters. The normalized spacial score (nSPS) is 10.7. The number of rotatable bonds is 11. The number of hydrogen-bond acceptors (Lipinski definition) is 7. The van der Waals surface area contributed by atoms with Crippen molar-refractivity contribution in [1.29, 1.82) is 0 Å². The lowest BCUT2D eigenvalue weighted by molar-refractivity contribution is 0.102. The number of allylic oxidation sites excluding steroid dienone is 1. The molecule has 0 unspecified atom stereocenters. The van der Waals surface area contributed by atoms with Crippen LogP contribution in [-0.4, -0.2) is 58.3 Å². The van der Waals surface area contributed by atoms with Crippen molar-refractivity contribution in [3.05, 3.63) is 83.4 Å². The van der Waals surface area contributed by atoms with Crippen LogP contribution in [0.5, 0.6) is 17.2 Å². The third kappa shape index (κ3) is 6.43. The van der Waals surface area contributed by atoms with Gasteiger partial charge in [-0.1, -0.05) is 18.2 Å². The van der Waals surface area contributed by atoms with E-state index in [1.807, 2.05) is 36.2 Å². The first-order chi connectivity index (χ1) is 17.4. The molecule has 8 nitrogen and oxygen atoms in total. The fourth-order valence-corrected chi connectivity index (χ4v) is 3.52. The Balaban J connectivity index is 1.65. The van der Waals surface area contributed by atoms with E-state index >= 15 is 0 Å². The summed E-state index contributed by atoms with van der Waals surface area (Å²) in [6.07, 6.45) is 3.26. The predicted molar refractivity (Wildman–Crippen MR) is 141 cm³/mol. The highest BCUT2D eigenvalue weighted by molar-refractivity contribution is 6.08. The van der Waals surface area contributed by atoms with E-state index < -0.39 is 0 Å². The minimum atomic E-state index is -0.360. The van der Waals surface area contributed by atoms with Crippen molar-refractivity contribution in [2.45, 2.75) is 0 Å². The van der Waals surface area contributed by atoms with Crippen LogP contribution in [0.15, 0.2) is 66.7 Å². The van der Waals surface area contributed by atoms with Crippen LogP contribution in [-0.2, 0) is 0 Å². The molecular formula is C28H30N2O6. The van der Waals surface area contributed by atoms with Crippen LogP contribution < -0.4 is 24.4 Å². The number of anilines is 2. The molecule has 1 amide bonds. The van der Waals surface area contributed by atoms with Crippen molar-refractivity contribution >= 4 is 29.1 Å². The maximum Gasteiger partial charge on any atom is 0.255 e. The quantitative estimate of drug-likeness (QED) is 0.306. The summed E-state index contributed by atoms with van der Waals surface area (Å²) in [5.41, 5.74) is 3.24. The monoisotopic (exact) mass is 490 g/mol. The van der Waals surface area contributed by atoms with Gasteiger partial charge in [-0.3, -0.25) is 9.59 Å². The first kappa shape index (κ1) is 26.3. The lowest BCUT2D eigenvalue weighted by Gasteiger charge is -2.17. The Bertz CT molecular complexity index is 1190. The van der Waals surface area contributed by atoms with Crippen LogP contribution in [0.4, 0.5) is 11.4 Å². The number of methoxy groups -OCH3 is 3. The van der Waals surface area contributed by atoms with Crippen molar-refractivity contribution in [2.75, 3.05) is 51.7 Å². The van der Waals surface area contributed by atoms with Gasteiger partial charge >= 0.3 is 0 Å². The highest BCUT2D eigenvalue weighted by Gasteiger charge is 2.17. The molecule has 0 heterocycles. The van der Waals surface area contributed by atoms with Gasteiger partial charge in [0.1, 0.15) is 0 Å². The Hall–Kier alpha value is -4.30. The van der Waals surface area contributed by atoms with Gasteiger partial charge < -0.3 is 29.5 Å². The number of likely N-dealkylation sites (N-methyl/N-ethyl adjacent to an activating group) is 1. The van der Waals surface area contributed by atoms with E-state index in [9.17, 15) is 9.59 Å². The average molecular weight is 491 g/mol. The third-order valence-electron chi connectivity index (χ3n) is 5.55. The predicted octanol–water partition coefficient (Wildman–Crippen LogP) is 4.29. The van der Waals surface area contributed by atoms with Gasteiger partial charge in [0.25, 0.3) is 5.91 Å². The van der Waals surface area contributed by atoms with Crippen LogP contribution in [0.25, 0.3) is 6.08 Å². The summed E-state index contributed by atoms with van der Waals surface area (Å²) < 4.78 is 15.9. The van der Waals surface area contributed by atoms with E-state index in [-0.39, 0.29) is 18.3 Å². The second kappa shape index (κ2) is 12.4. The molecule has 0 aliphatic heterocycles. The van der Waals surface area contributed by atoms with Crippen LogP contribution in [0.2, 0.25) is 0 Å². The van der Waals surface area contributed by atoms with E-state index in [2.05, 4.69) is 5.32 Å². The van der Waals surface area contributed by atoms with Gasteiger partial charge in [0, 0.05) is 36.1 Å². The van der Waals surface area contributed by atoms with E-state index in [1.165, 1.54) is 27.4 Å². The standard InChI is InChI=1S/C28H30N2O6/c1-30(15-16-31)23-12-5-19(6-13-23)7-14-24(32)20-8-10-22(11-9-20)29-28(33)21-17-25(34-2)27(36-4)26(18-21)35-3/h5-14,17-18,31H,15-16H2,1-4H3,(H,29,33)/b14-7+. The van der Waals surface area contributed by atoms with Gasteiger partial charge in [-0.15, -0.1) is 0 Å². The molecule has 3 rings (SSSR count). The average Bonchev–Trinajstić information content (AvgIpc) is 2.91. The first-order valence-electron chi connectivity index (χ1n) is 11.3. The zero-order chi connectivity index (χ0) is 26.1. The van der Waals surface area contributed by atoms with Crippen molar-refractivity contribution < 1.29 is 28.9 Å². The first-order valence-corrected chi connectivity index (χ1v) is 11.3. The Morgan fingerprint density at radius 1 is 0.889 bits per heavy atom. The topological polar surface area (TPSA) is 97.3 Å². The van der Waals surface area contributed by atoms with Crippen LogP contribution in [0.1, 0.15) is 26.3 Å². The number of carbonyl (C=O) groups is 2. The summed E-state index contributed by atoms with van der Waals surface area (Å²) in [6, 6.07) is 17.5. The molecule has 0 saturated carbocycles. The molecule has 0 aliphatic rings. The molecule has 188 valence electrons. The maximum atomic E-state index is 12.8. The second-order valence-corrected chi connectivity index (χ2v) is 7.88. The molecule has 0 radical (unpaired) electrons. The Morgan fingerprint density at radius 2 is 1.50 bits per heavy atom. The van der Waals surface area contributed by atoms with Crippen LogP contribution in [0.3, 0.4) is 0 Å². The third-order valence-corrected chi connectivity index (χ3v) is 5.55. The summed E-state index contributed by atoms with van der Waals surface area (Å²) in [4.78, 5) is 27.3. The molecule has 2 N–H and O–H groups in total. The van der Waals surface area contributed by atoms with E-state index in [0.717, 1.165) is 11.3 Å². The number of hydrogen-bond donors (Lipinski definition) is 2. The molecule has 0 aliphatic carbocycles. The zero-order valence-electron chi connectivity index (χ0n) is 20.8. The largest absolute Gasteiger partial charge is 0.493 e. The lowest BCUT2D eigenvalue weighted by atomic mass is 10.1. The number of ketones is 1. The van der Waals surface area contributed by atoms with Gasteiger partial charge in [-0.25, -0.2) is 0 Å². The van der Waals surface area contributed by atoms with E-state index in [4.69, 9.17) is 19.3 Å². The smallest absolute Gasteiger partial charge is 0.255 e. The molecule has 8 heteroatoms. The van der Waals surface area contributed by atoms with Gasteiger partial charge in [0.05, 0.1) is 27.9 Å². The number of nitrogens with zero attached hydrogens (tertiary/aromatic N) is 1. The highest BCUT2D eigenvalue weighted by Crippen LogP contribution is 2.38. The number of amides is 1. The van der Waals surface area contributed by atoms with Gasteiger partial charge in [0.15, 0.2) is 17.3 Å². The number of ether oxygens (including phenoxy) is 3. The molecule has 0 spiro atoms. The van der Waals surface area contributed by atoms with Crippen LogP contribution >= 0.6 is 0 Å². The summed E-state index contributed by atoms with van der Waals surface area (Å²) in [5, 5.41) is 11.9. The van der Waals surface area contributed by atoms with Crippen molar-refractivity contribution in [1.82, 2.24) is 0 Å². The molecular weight excluding hydrogens is 460 g/mol. The molecule has 0 aromatic heterocycles. The van der Waals surface area contributed by atoms with Crippen molar-refractivity contribution in [2.24, 2.45) is 0 Å². The number of aliphatic hydroxyl groups excluding tert-OH is 1. The molecule has 0 saturated heterocycles. The number of aliphatic hydroxyl groups is 1. The number of benzene rings is 3. The van der Waals surface area contributed by atoms with Gasteiger partial charge in [-0.2, -0.15) is 0 Å². The summed E-state index contributed by atoms with van der Waals surface area (Å²) >= 11 is 0. The Morgan fingerprint density at radius 3 is 2.03 bits per heavy atom. The summed E-state index contributed by atoms with van der Waals surface area (Å²) in [7, 11) is 6.36. The molecule has 0 bridgehead atoms.